The fourth-order valence-electron chi connectivity index (χ4n) is 2.49. The summed E-state index contributed by atoms with van der Waals surface area (Å²) >= 11 is 0. The number of hydrogen-bond donors (Lipinski definition) is 2. The van der Waals surface area contributed by atoms with Gasteiger partial charge in [-0.1, -0.05) is 6.08 Å². The Hall–Kier alpha value is -1.89. The lowest BCUT2D eigenvalue weighted by atomic mass is 9.89. The lowest BCUT2D eigenvalue weighted by Gasteiger charge is -2.20. The van der Waals surface area contributed by atoms with Gasteiger partial charge in [0, 0.05) is 24.8 Å². The zero-order valence-corrected chi connectivity index (χ0v) is 12.3. The first kappa shape index (κ1) is 15.0. The van der Waals surface area contributed by atoms with Gasteiger partial charge in [0.2, 0.25) is 0 Å². The van der Waals surface area contributed by atoms with Gasteiger partial charge in [0.25, 0.3) is 0 Å². The third-order valence-electron chi connectivity index (χ3n) is 3.45. The lowest BCUT2D eigenvalue weighted by Crippen LogP contribution is -2.35. The van der Waals surface area contributed by atoms with Crippen LogP contribution in [0.5, 0.6) is 0 Å². The van der Waals surface area contributed by atoms with E-state index in [1.54, 1.807) is 25.3 Å². The summed E-state index contributed by atoms with van der Waals surface area (Å²) in [4.78, 5) is 13.4. The number of carbonyl (C=O) groups excluding carboxylic acids is 1. The average molecular weight is 328 g/mol. The Morgan fingerprint density at radius 1 is 1.50 bits per heavy atom. The average Bonchev–Trinajstić information content (AvgIpc) is 2.98. The molecule has 22 heavy (non-hydrogen) atoms. The Bertz CT molecular complexity index is 744. The first-order valence-electron chi connectivity index (χ1n) is 6.43. The molecule has 2 bridgehead atoms. The summed E-state index contributed by atoms with van der Waals surface area (Å²) in [5, 5.41) is 14.1. The van der Waals surface area contributed by atoms with E-state index in [-0.39, 0.29) is 13.1 Å². The molecule has 0 saturated carbocycles. The highest BCUT2D eigenvalue weighted by Gasteiger charge is 2.43. The normalized spacial score (nSPS) is 21.3. The zero-order chi connectivity index (χ0) is 16.1. The van der Waals surface area contributed by atoms with Crippen LogP contribution < -0.4 is 0 Å². The standard InChI is InChI=1S/C10H13BN4O6S/c1-11(17)14-5-8(3-12-14)7-2-9-6-13(4-7)10(16)15(9)21-22(18,19)20/h2-3,5,9,17H,4,6H2,1H3,(H,18,19,20). The number of hydrogen-bond acceptors (Lipinski definition) is 6. The number of nitrogens with zero attached hydrogens (tertiary/aromatic N) is 4. The van der Waals surface area contributed by atoms with E-state index in [1.807, 2.05) is 0 Å². The Balaban J connectivity index is 1.87. The minimum Gasteiger partial charge on any atom is -0.431 e. The number of carbonyl (C=O) groups is 1. The number of urea groups is 1. The fourth-order valence-corrected chi connectivity index (χ4v) is 2.86. The van der Waals surface area contributed by atoms with Crippen molar-refractivity contribution in [3.05, 3.63) is 24.0 Å². The van der Waals surface area contributed by atoms with Gasteiger partial charge in [0.05, 0.1) is 12.2 Å². The van der Waals surface area contributed by atoms with Crippen molar-refractivity contribution in [2.45, 2.75) is 12.9 Å². The van der Waals surface area contributed by atoms with E-state index in [2.05, 4.69) is 9.38 Å². The summed E-state index contributed by atoms with van der Waals surface area (Å²) in [6, 6.07) is -1.27. The molecular formula is C10H13BN4O6S. The van der Waals surface area contributed by atoms with Crippen LogP contribution in [-0.2, 0) is 14.7 Å². The molecule has 2 N–H and O–H groups in total. The molecule has 2 amide bonds. The summed E-state index contributed by atoms with van der Waals surface area (Å²) in [6.07, 6.45) is 4.85. The summed E-state index contributed by atoms with van der Waals surface area (Å²) in [7, 11) is -5.55. The van der Waals surface area contributed by atoms with Gasteiger partial charge >= 0.3 is 23.5 Å². The van der Waals surface area contributed by atoms with Crippen LogP contribution in [0, 0.1) is 0 Å². The SMILES string of the molecule is CB(O)n1cc(C2=CC3CN(C2)C(=O)N3OS(=O)(=O)O)cn1. The van der Waals surface area contributed by atoms with E-state index in [4.69, 9.17) is 4.55 Å². The smallest absolute Gasteiger partial charge is 0.431 e. The van der Waals surface area contributed by atoms with Crippen LogP contribution in [0.2, 0.25) is 6.82 Å². The summed E-state index contributed by atoms with van der Waals surface area (Å²) < 4.78 is 36.0. The number of hydroxylamine groups is 2. The molecule has 1 aromatic rings. The maximum absolute atomic E-state index is 12.0. The van der Waals surface area contributed by atoms with Crippen LogP contribution >= 0.6 is 0 Å². The molecule has 0 aromatic carbocycles. The van der Waals surface area contributed by atoms with E-state index < -0.39 is 29.5 Å². The van der Waals surface area contributed by atoms with Gasteiger partial charge in [-0.15, -0.1) is 4.28 Å². The van der Waals surface area contributed by atoms with Crippen molar-refractivity contribution in [3.8, 4) is 0 Å². The van der Waals surface area contributed by atoms with E-state index >= 15 is 0 Å². The topological polar surface area (TPSA) is 125 Å². The number of rotatable bonds is 4. The molecule has 1 saturated heterocycles. The Kier molecular flexibility index (Phi) is 3.47. The van der Waals surface area contributed by atoms with Crippen molar-refractivity contribution in [1.29, 1.82) is 0 Å². The monoisotopic (exact) mass is 328 g/mol. The number of fused-ring (bicyclic) bond motifs is 2. The van der Waals surface area contributed by atoms with Gasteiger partial charge in [0.15, 0.2) is 0 Å². The van der Waals surface area contributed by atoms with Crippen LogP contribution in [0.25, 0.3) is 5.57 Å². The molecule has 1 unspecified atom stereocenters. The fraction of sp³-hybridized carbons (Fsp3) is 0.400. The second kappa shape index (κ2) is 5.09. The van der Waals surface area contributed by atoms with Crippen LogP contribution in [0.15, 0.2) is 18.5 Å². The van der Waals surface area contributed by atoms with E-state index in [0.29, 0.717) is 10.6 Å². The third kappa shape index (κ3) is 2.73. The highest BCUT2D eigenvalue weighted by Crippen LogP contribution is 2.29. The third-order valence-corrected chi connectivity index (χ3v) is 3.80. The van der Waals surface area contributed by atoms with Crippen molar-refractivity contribution < 1.29 is 27.1 Å². The van der Waals surface area contributed by atoms with Gasteiger partial charge in [-0.25, -0.2) is 4.79 Å². The van der Waals surface area contributed by atoms with E-state index in [0.717, 1.165) is 5.57 Å². The molecule has 3 heterocycles. The molecule has 0 radical (unpaired) electrons. The predicted molar refractivity (Wildman–Crippen MR) is 74.7 cm³/mol. The van der Waals surface area contributed by atoms with Gasteiger partial charge in [-0.3, -0.25) is 9.15 Å². The van der Waals surface area contributed by atoms with Crippen molar-refractivity contribution in [1.82, 2.24) is 19.7 Å². The van der Waals surface area contributed by atoms with Gasteiger partial charge in [-0.2, -0.15) is 18.6 Å². The molecule has 12 heteroatoms. The summed E-state index contributed by atoms with van der Waals surface area (Å²) in [5.74, 6) is 0. The second-order valence-electron chi connectivity index (χ2n) is 5.09. The largest absolute Gasteiger partial charge is 0.431 e. The van der Waals surface area contributed by atoms with Crippen LogP contribution in [0.4, 0.5) is 4.79 Å². The van der Waals surface area contributed by atoms with Gasteiger partial charge < -0.3 is 9.92 Å². The van der Waals surface area contributed by atoms with Gasteiger partial charge in [0.1, 0.15) is 0 Å². The van der Waals surface area contributed by atoms with Crippen molar-refractivity contribution in [3.63, 3.8) is 0 Å². The minimum atomic E-state index is -4.77. The molecular weight excluding hydrogens is 315 g/mol. The highest BCUT2D eigenvalue weighted by molar-refractivity contribution is 7.80. The molecule has 1 fully saturated rings. The van der Waals surface area contributed by atoms with Crippen LogP contribution in [0.1, 0.15) is 5.56 Å². The zero-order valence-electron chi connectivity index (χ0n) is 11.5. The molecule has 0 spiro atoms. The molecule has 1 aromatic heterocycles. The molecule has 3 rings (SSSR count). The Labute approximate surface area is 126 Å². The maximum atomic E-state index is 12.0. The lowest BCUT2D eigenvalue weighted by molar-refractivity contribution is -0.0183. The molecule has 2 aliphatic heterocycles. The van der Waals surface area contributed by atoms with E-state index in [9.17, 15) is 18.2 Å². The molecule has 118 valence electrons. The summed E-state index contributed by atoms with van der Waals surface area (Å²) in [5.41, 5.74) is 1.45. The quantitative estimate of drug-likeness (QED) is 0.541. The predicted octanol–water partition coefficient (Wildman–Crippen LogP) is -0.921. The molecule has 1 atom stereocenters. The first-order chi connectivity index (χ1) is 10.2. The van der Waals surface area contributed by atoms with Gasteiger partial charge in [-0.05, 0) is 12.4 Å². The minimum absolute atomic E-state index is 0.256. The number of aromatic nitrogens is 2. The maximum Gasteiger partial charge on any atom is 0.431 e. The molecule has 2 aliphatic rings. The Morgan fingerprint density at radius 3 is 2.82 bits per heavy atom. The van der Waals surface area contributed by atoms with Crippen LogP contribution in [0.3, 0.4) is 0 Å². The second-order valence-corrected chi connectivity index (χ2v) is 6.10. The van der Waals surface area contributed by atoms with Crippen molar-refractivity contribution >= 4 is 29.1 Å². The van der Waals surface area contributed by atoms with Crippen molar-refractivity contribution in [2.75, 3.05) is 13.1 Å². The molecule has 10 nitrogen and oxygen atoms in total. The molecule has 0 aliphatic carbocycles. The Morgan fingerprint density at radius 2 is 2.23 bits per heavy atom. The summed E-state index contributed by atoms with van der Waals surface area (Å²) in [6.45, 7) is 2.08. The highest BCUT2D eigenvalue weighted by atomic mass is 32.3. The number of amides is 2. The first-order valence-corrected chi connectivity index (χ1v) is 7.79. The van der Waals surface area contributed by atoms with Crippen molar-refractivity contribution in [2.24, 2.45) is 0 Å². The van der Waals surface area contributed by atoms with E-state index in [1.165, 1.54) is 9.49 Å². The van der Waals surface area contributed by atoms with Crippen LogP contribution in [-0.4, -0.2) is 69.9 Å².